The summed E-state index contributed by atoms with van der Waals surface area (Å²) in [7, 11) is 0. The van der Waals surface area contributed by atoms with Crippen molar-refractivity contribution in [2.24, 2.45) is 5.92 Å². The lowest BCUT2D eigenvalue weighted by Crippen LogP contribution is -2.08. The third kappa shape index (κ3) is 2.50. The Bertz CT molecular complexity index is 430. The largest absolute Gasteiger partial charge is 0.373 e. The van der Waals surface area contributed by atoms with E-state index in [0.717, 1.165) is 18.9 Å². The Morgan fingerprint density at radius 3 is 2.88 bits per heavy atom. The Kier molecular flexibility index (Phi) is 3.10. The number of benzene rings is 1. The quantitative estimate of drug-likeness (QED) is 0.760. The molecule has 0 N–H and O–H groups in total. The first-order valence-electron chi connectivity index (χ1n) is 6.43. The van der Waals surface area contributed by atoms with Gasteiger partial charge in [-0.05, 0) is 30.7 Å². The van der Waals surface area contributed by atoms with E-state index in [9.17, 15) is 0 Å². The summed E-state index contributed by atoms with van der Waals surface area (Å²) in [5.41, 5.74) is 2.86. The lowest BCUT2D eigenvalue weighted by molar-refractivity contribution is 0.0440. The maximum atomic E-state index is 6.01. The van der Waals surface area contributed by atoms with E-state index in [1.54, 1.807) is 5.57 Å². The van der Waals surface area contributed by atoms with E-state index in [1.807, 2.05) is 6.07 Å². The molecule has 0 saturated heterocycles. The van der Waals surface area contributed by atoms with Crippen LogP contribution in [0.2, 0.25) is 0 Å². The van der Waals surface area contributed by atoms with Crippen molar-refractivity contribution < 1.29 is 4.74 Å². The van der Waals surface area contributed by atoms with Gasteiger partial charge in [-0.1, -0.05) is 54.1 Å². The third-order valence-electron chi connectivity index (χ3n) is 3.73. The van der Waals surface area contributed by atoms with Crippen LogP contribution in [0.15, 0.2) is 54.1 Å². The molecule has 0 heterocycles. The van der Waals surface area contributed by atoms with Gasteiger partial charge in [0, 0.05) is 0 Å². The summed E-state index contributed by atoms with van der Waals surface area (Å²) in [6, 6.07) is 10.4. The van der Waals surface area contributed by atoms with Crippen molar-refractivity contribution in [2.75, 3.05) is 0 Å². The molecule has 1 heteroatoms. The minimum absolute atomic E-state index is 0.423. The van der Waals surface area contributed by atoms with Crippen molar-refractivity contribution in [3.8, 4) is 0 Å². The molecule has 17 heavy (non-hydrogen) atoms. The van der Waals surface area contributed by atoms with Gasteiger partial charge in [0.2, 0.25) is 0 Å². The molecular formula is C16H18O. The van der Waals surface area contributed by atoms with Gasteiger partial charge in [0.05, 0.1) is 12.7 Å². The molecule has 2 atom stereocenters. The molecule has 0 radical (unpaired) electrons. The van der Waals surface area contributed by atoms with Crippen molar-refractivity contribution in [1.29, 1.82) is 0 Å². The number of hydrogen-bond donors (Lipinski definition) is 0. The molecule has 2 aliphatic carbocycles. The average molecular weight is 226 g/mol. The molecule has 1 saturated carbocycles. The van der Waals surface area contributed by atoms with Crippen LogP contribution in [0.25, 0.3) is 0 Å². The smallest absolute Gasteiger partial charge is 0.0720 e. The van der Waals surface area contributed by atoms with Gasteiger partial charge in [-0.3, -0.25) is 0 Å². The molecule has 2 unspecified atom stereocenters. The molecular weight excluding hydrogens is 208 g/mol. The standard InChI is InChI=1S/C16H18O/c1-2-6-13(7-3-1)12-17-16-10-14-8-4-5-9-15(14)11-16/h1-8,15-16H,9-12H2. The molecule has 0 amide bonds. The number of allylic oxidation sites excluding steroid dienone is 3. The zero-order valence-electron chi connectivity index (χ0n) is 10.0. The Hall–Kier alpha value is -1.34. The Morgan fingerprint density at radius 2 is 2.06 bits per heavy atom. The maximum absolute atomic E-state index is 6.01. The van der Waals surface area contributed by atoms with Crippen molar-refractivity contribution in [1.82, 2.24) is 0 Å². The van der Waals surface area contributed by atoms with Gasteiger partial charge < -0.3 is 4.74 Å². The molecule has 0 aliphatic heterocycles. The van der Waals surface area contributed by atoms with Crippen LogP contribution >= 0.6 is 0 Å². The molecule has 1 aromatic carbocycles. The summed E-state index contributed by atoms with van der Waals surface area (Å²) in [6.45, 7) is 0.749. The van der Waals surface area contributed by atoms with Crippen molar-refractivity contribution in [3.05, 3.63) is 59.7 Å². The zero-order valence-corrected chi connectivity index (χ0v) is 10.0. The first kappa shape index (κ1) is 10.8. The van der Waals surface area contributed by atoms with E-state index < -0.39 is 0 Å². The highest BCUT2D eigenvalue weighted by molar-refractivity contribution is 5.25. The van der Waals surface area contributed by atoms with E-state index in [2.05, 4.69) is 42.5 Å². The average Bonchev–Trinajstić information content (AvgIpc) is 2.80. The molecule has 2 aliphatic rings. The maximum Gasteiger partial charge on any atom is 0.0720 e. The highest BCUT2D eigenvalue weighted by Crippen LogP contribution is 2.37. The van der Waals surface area contributed by atoms with Crippen LogP contribution in [-0.2, 0) is 11.3 Å². The lowest BCUT2D eigenvalue weighted by Gasteiger charge is -2.12. The van der Waals surface area contributed by atoms with Crippen LogP contribution in [0, 0.1) is 5.92 Å². The molecule has 0 bridgehead atoms. The summed E-state index contributed by atoms with van der Waals surface area (Å²) < 4.78 is 6.01. The summed E-state index contributed by atoms with van der Waals surface area (Å²) in [5, 5.41) is 0. The first-order chi connectivity index (χ1) is 8.42. The minimum atomic E-state index is 0.423. The zero-order chi connectivity index (χ0) is 11.5. The van der Waals surface area contributed by atoms with Gasteiger partial charge in [-0.15, -0.1) is 0 Å². The second-order valence-electron chi connectivity index (χ2n) is 4.96. The second kappa shape index (κ2) is 4.89. The highest BCUT2D eigenvalue weighted by Gasteiger charge is 2.29. The Balaban J connectivity index is 1.55. The van der Waals surface area contributed by atoms with Crippen LogP contribution in [0.5, 0.6) is 0 Å². The summed E-state index contributed by atoms with van der Waals surface area (Å²) in [5.74, 6) is 0.751. The van der Waals surface area contributed by atoms with Crippen LogP contribution in [0.1, 0.15) is 24.8 Å². The van der Waals surface area contributed by atoms with Crippen LogP contribution < -0.4 is 0 Å². The van der Waals surface area contributed by atoms with Crippen molar-refractivity contribution in [2.45, 2.75) is 32.0 Å². The minimum Gasteiger partial charge on any atom is -0.373 e. The Morgan fingerprint density at radius 1 is 1.18 bits per heavy atom. The summed E-state index contributed by atoms with van der Waals surface area (Å²) in [6.07, 6.45) is 10.7. The molecule has 0 spiro atoms. The Labute approximate surface area is 103 Å². The number of fused-ring (bicyclic) bond motifs is 1. The first-order valence-corrected chi connectivity index (χ1v) is 6.43. The third-order valence-corrected chi connectivity index (χ3v) is 3.73. The summed E-state index contributed by atoms with van der Waals surface area (Å²) >= 11 is 0. The predicted molar refractivity (Wildman–Crippen MR) is 69.6 cm³/mol. The van der Waals surface area contributed by atoms with E-state index >= 15 is 0 Å². The highest BCUT2D eigenvalue weighted by atomic mass is 16.5. The van der Waals surface area contributed by atoms with Gasteiger partial charge in [0.25, 0.3) is 0 Å². The van der Waals surface area contributed by atoms with E-state index in [1.165, 1.54) is 18.4 Å². The van der Waals surface area contributed by atoms with E-state index in [-0.39, 0.29) is 0 Å². The monoisotopic (exact) mass is 226 g/mol. The van der Waals surface area contributed by atoms with Crippen molar-refractivity contribution >= 4 is 0 Å². The number of ether oxygens (including phenoxy) is 1. The number of hydrogen-bond acceptors (Lipinski definition) is 1. The predicted octanol–water partition coefficient (Wildman–Crippen LogP) is 3.87. The fourth-order valence-electron chi connectivity index (χ4n) is 2.78. The molecule has 0 aromatic heterocycles. The van der Waals surface area contributed by atoms with Crippen LogP contribution in [-0.4, -0.2) is 6.10 Å². The van der Waals surface area contributed by atoms with Gasteiger partial charge in [-0.25, -0.2) is 0 Å². The van der Waals surface area contributed by atoms with Gasteiger partial charge in [0.15, 0.2) is 0 Å². The number of rotatable bonds is 3. The van der Waals surface area contributed by atoms with Crippen molar-refractivity contribution in [3.63, 3.8) is 0 Å². The van der Waals surface area contributed by atoms with Crippen LogP contribution in [0.3, 0.4) is 0 Å². The molecule has 1 aromatic rings. The normalized spacial score (nSPS) is 26.7. The van der Waals surface area contributed by atoms with Gasteiger partial charge in [-0.2, -0.15) is 0 Å². The molecule has 88 valence electrons. The lowest BCUT2D eigenvalue weighted by atomic mass is 9.95. The molecule has 1 fully saturated rings. The fourth-order valence-corrected chi connectivity index (χ4v) is 2.78. The SMILES string of the molecule is C1=CCC2CC(OCc3ccccc3)CC2=C1. The van der Waals surface area contributed by atoms with Crippen LogP contribution in [0.4, 0.5) is 0 Å². The molecule has 3 rings (SSSR count). The second-order valence-corrected chi connectivity index (χ2v) is 4.96. The van der Waals surface area contributed by atoms with Gasteiger partial charge >= 0.3 is 0 Å². The van der Waals surface area contributed by atoms with E-state index in [4.69, 9.17) is 4.74 Å². The topological polar surface area (TPSA) is 9.23 Å². The summed E-state index contributed by atoms with van der Waals surface area (Å²) in [4.78, 5) is 0. The van der Waals surface area contributed by atoms with E-state index in [0.29, 0.717) is 6.10 Å². The van der Waals surface area contributed by atoms with Gasteiger partial charge in [0.1, 0.15) is 0 Å². The molecule has 1 nitrogen and oxygen atoms in total. The fraction of sp³-hybridized carbons (Fsp3) is 0.375.